The monoisotopic (exact) mass is 417 g/mol. The van der Waals surface area contributed by atoms with Crippen LogP contribution in [0.3, 0.4) is 0 Å². The summed E-state index contributed by atoms with van der Waals surface area (Å²) in [5, 5.41) is 2.92. The van der Waals surface area contributed by atoms with E-state index in [1.807, 2.05) is 42.5 Å². The topological polar surface area (TPSA) is 47.6 Å². The first-order chi connectivity index (χ1) is 15.2. The lowest BCUT2D eigenvalue weighted by Gasteiger charge is -2.09. The number of amides is 1. The number of carbonyl (C=O) groups excluding carboxylic acids is 1. The molecule has 0 bridgehead atoms. The maximum atomic E-state index is 12.5. The van der Waals surface area contributed by atoms with Gasteiger partial charge >= 0.3 is 0 Å². The number of carbonyl (C=O) groups is 1. The van der Waals surface area contributed by atoms with Gasteiger partial charge in [0.15, 0.2) is 0 Å². The van der Waals surface area contributed by atoms with Crippen molar-refractivity contribution in [1.29, 1.82) is 0 Å². The van der Waals surface area contributed by atoms with Gasteiger partial charge in [0.1, 0.15) is 11.5 Å². The Bertz CT molecular complexity index is 905. The summed E-state index contributed by atoms with van der Waals surface area (Å²) in [6.07, 6.45) is 5.34. The molecule has 0 radical (unpaired) electrons. The Hall–Kier alpha value is -3.27. The SMILES string of the molecule is CCCCCOc1ccc(C(=O)Nc2ccc(OCCCc3ccccc3)cc2)cc1. The summed E-state index contributed by atoms with van der Waals surface area (Å²) < 4.78 is 11.5. The van der Waals surface area contributed by atoms with E-state index in [-0.39, 0.29) is 5.91 Å². The largest absolute Gasteiger partial charge is 0.494 e. The standard InChI is InChI=1S/C27H31NO3/c1-2-3-7-20-30-25-16-12-23(13-17-25)27(29)28-24-14-18-26(19-15-24)31-21-8-11-22-9-5-4-6-10-22/h4-6,9-10,12-19H,2-3,7-8,11,20-21H2,1H3,(H,28,29). The second-order valence-electron chi connectivity index (χ2n) is 7.50. The maximum absolute atomic E-state index is 12.5. The molecule has 4 heteroatoms. The molecule has 4 nitrogen and oxygen atoms in total. The minimum atomic E-state index is -0.144. The molecule has 0 aliphatic carbocycles. The smallest absolute Gasteiger partial charge is 0.255 e. The van der Waals surface area contributed by atoms with E-state index in [1.54, 1.807) is 12.1 Å². The summed E-state index contributed by atoms with van der Waals surface area (Å²) in [5.74, 6) is 1.45. The molecule has 3 rings (SSSR count). The van der Waals surface area contributed by atoms with Gasteiger partial charge in [0, 0.05) is 11.3 Å². The van der Waals surface area contributed by atoms with Crippen molar-refractivity contribution in [3.63, 3.8) is 0 Å². The van der Waals surface area contributed by atoms with Crippen LogP contribution in [0.1, 0.15) is 48.5 Å². The Kier molecular flexibility index (Phi) is 8.99. The molecule has 0 atom stereocenters. The van der Waals surface area contributed by atoms with Gasteiger partial charge in [0.25, 0.3) is 5.91 Å². The highest BCUT2D eigenvalue weighted by atomic mass is 16.5. The second-order valence-corrected chi connectivity index (χ2v) is 7.50. The number of hydrogen-bond donors (Lipinski definition) is 1. The first kappa shape index (κ1) is 22.4. The molecule has 0 fully saturated rings. The molecule has 162 valence electrons. The van der Waals surface area contributed by atoms with Gasteiger partial charge < -0.3 is 14.8 Å². The predicted octanol–water partition coefficient (Wildman–Crippen LogP) is 6.52. The molecule has 0 saturated heterocycles. The van der Waals surface area contributed by atoms with E-state index in [0.29, 0.717) is 18.8 Å². The van der Waals surface area contributed by atoms with Gasteiger partial charge in [-0.2, -0.15) is 0 Å². The summed E-state index contributed by atoms with van der Waals surface area (Å²) in [6.45, 7) is 3.54. The van der Waals surface area contributed by atoms with Crippen LogP contribution in [0.2, 0.25) is 0 Å². The number of anilines is 1. The zero-order chi connectivity index (χ0) is 21.7. The van der Waals surface area contributed by atoms with Crippen LogP contribution in [0, 0.1) is 0 Å². The Morgan fingerprint density at radius 2 is 1.35 bits per heavy atom. The zero-order valence-corrected chi connectivity index (χ0v) is 18.2. The lowest BCUT2D eigenvalue weighted by atomic mass is 10.1. The molecule has 1 amide bonds. The van der Waals surface area contributed by atoms with Crippen molar-refractivity contribution in [2.45, 2.75) is 39.0 Å². The number of benzene rings is 3. The summed E-state index contributed by atoms with van der Waals surface area (Å²) in [5.41, 5.74) is 2.66. The zero-order valence-electron chi connectivity index (χ0n) is 18.2. The first-order valence-corrected chi connectivity index (χ1v) is 11.1. The van der Waals surface area contributed by atoms with Crippen molar-refractivity contribution in [1.82, 2.24) is 0 Å². The number of hydrogen-bond acceptors (Lipinski definition) is 3. The lowest BCUT2D eigenvalue weighted by molar-refractivity contribution is 0.102. The summed E-state index contributed by atoms with van der Waals surface area (Å²) >= 11 is 0. The number of rotatable bonds is 12. The molecule has 1 N–H and O–H groups in total. The van der Waals surface area contributed by atoms with E-state index in [2.05, 4.69) is 36.5 Å². The number of ether oxygens (including phenoxy) is 2. The summed E-state index contributed by atoms with van der Waals surface area (Å²) in [6, 6.07) is 25.1. The molecule has 0 spiro atoms. The van der Waals surface area contributed by atoms with E-state index in [0.717, 1.165) is 42.9 Å². The van der Waals surface area contributed by atoms with Crippen molar-refractivity contribution >= 4 is 11.6 Å². The molecular formula is C27H31NO3. The Morgan fingerprint density at radius 3 is 2.00 bits per heavy atom. The Morgan fingerprint density at radius 1 is 0.742 bits per heavy atom. The highest BCUT2D eigenvalue weighted by Gasteiger charge is 2.07. The highest BCUT2D eigenvalue weighted by molar-refractivity contribution is 6.04. The van der Waals surface area contributed by atoms with Crippen LogP contribution in [0.25, 0.3) is 0 Å². The van der Waals surface area contributed by atoms with E-state index >= 15 is 0 Å². The third-order valence-corrected chi connectivity index (χ3v) is 4.97. The average Bonchev–Trinajstić information content (AvgIpc) is 2.82. The minimum Gasteiger partial charge on any atom is -0.494 e. The van der Waals surface area contributed by atoms with Crippen LogP contribution in [0.15, 0.2) is 78.9 Å². The second kappa shape index (κ2) is 12.4. The Labute approximate surface area is 185 Å². The molecule has 0 saturated carbocycles. The molecule has 3 aromatic rings. The van der Waals surface area contributed by atoms with Crippen LogP contribution in [-0.2, 0) is 6.42 Å². The first-order valence-electron chi connectivity index (χ1n) is 11.1. The molecule has 0 unspecified atom stereocenters. The molecule has 0 aliphatic heterocycles. The van der Waals surface area contributed by atoms with Crippen molar-refractivity contribution in [2.75, 3.05) is 18.5 Å². The van der Waals surface area contributed by atoms with Crippen LogP contribution in [-0.4, -0.2) is 19.1 Å². The summed E-state index contributed by atoms with van der Waals surface area (Å²) in [4.78, 5) is 12.5. The van der Waals surface area contributed by atoms with Gasteiger partial charge in [-0.25, -0.2) is 0 Å². The van der Waals surface area contributed by atoms with E-state index < -0.39 is 0 Å². The van der Waals surface area contributed by atoms with E-state index in [1.165, 1.54) is 12.0 Å². The molecule has 0 aromatic heterocycles. The molecular weight excluding hydrogens is 386 g/mol. The molecule has 3 aromatic carbocycles. The highest BCUT2D eigenvalue weighted by Crippen LogP contribution is 2.18. The third-order valence-electron chi connectivity index (χ3n) is 4.97. The maximum Gasteiger partial charge on any atom is 0.255 e. The van der Waals surface area contributed by atoms with E-state index in [4.69, 9.17) is 9.47 Å². The van der Waals surface area contributed by atoms with Gasteiger partial charge in [0.2, 0.25) is 0 Å². The van der Waals surface area contributed by atoms with E-state index in [9.17, 15) is 4.79 Å². The van der Waals surface area contributed by atoms with Crippen molar-refractivity contribution < 1.29 is 14.3 Å². The summed E-state index contributed by atoms with van der Waals surface area (Å²) in [7, 11) is 0. The Balaban J connectivity index is 1.41. The minimum absolute atomic E-state index is 0.144. The molecule has 0 aliphatic rings. The van der Waals surface area contributed by atoms with Crippen LogP contribution in [0.4, 0.5) is 5.69 Å². The van der Waals surface area contributed by atoms with Gasteiger partial charge in [-0.3, -0.25) is 4.79 Å². The average molecular weight is 418 g/mol. The van der Waals surface area contributed by atoms with Gasteiger partial charge in [-0.1, -0.05) is 50.1 Å². The predicted molar refractivity (Wildman–Crippen MR) is 126 cm³/mol. The van der Waals surface area contributed by atoms with Gasteiger partial charge in [-0.05, 0) is 73.4 Å². The number of nitrogens with one attached hydrogen (secondary N) is 1. The van der Waals surface area contributed by atoms with Crippen molar-refractivity contribution in [3.8, 4) is 11.5 Å². The fraction of sp³-hybridized carbons (Fsp3) is 0.296. The van der Waals surface area contributed by atoms with Gasteiger partial charge in [-0.15, -0.1) is 0 Å². The fourth-order valence-corrected chi connectivity index (χ4v) is 3.19. The van der Waals surface area contributed by atoms with Crippen molar-refractivity contribution in [3.05, 3.63) is 90.0 Å². The van der Waals surface area contributed by atoms with Crippen LogP contribution in [0.5, 0.6) is 11.5 Å². The van der Waals surface area contributed by atoms with Gasteiger partial charge in [0.05, 0.1) is 13.2 Å². The van der Waals surface area contributed by atoms with Crippen molar-refractivity contribution in [2.24, 2.45) is 0 Å². The van der Waals surface area contributed by atoms with Crippen LogP contribution >= 0.6 is 0 Å². The third kappa shape index (κ3) is 7.82. The lowest BCUT2D eigenvalue weighted by Crippen LogP contribution is -2.11. The van der Waals surface area contributed by atoms with Crippen LogP contribution < -0.4 is 14.8 Å². The quantitative estimate of drug-likeness (QED) is 0.341. The number of unbranched alkanes of at least 4 members (excludes halogenated alkanes) is 2. The molecule has 31 heavy (non-hydrogen) atoms. The normalized spacial score (nSPS) is 10.5. The number of aryl methyl sites for hydroxylation is 1. The molecule has 0 heterocycles. The fourth-order valence-electron chi connectivity index (χ4n) is 3.19.